The maximum Gasteiger partial charge on any atom is 0.234 e. The Morgan fingerprint density at radius 1 is 1.35 bits per heavy atom. The summed E-state index contributed by atoms with van der Waals surface area (Å²) in [7, 11) is 1.96. The molecule has 1 fully saturated rings. The Kier molecular flexibility index (Phi) is 7.49. The minimum atomic E-state index is -0.235. The Bertz CT molecular complexity index is 472. The summed E-state index contributed by atoms with van der Waals surface area (Å²) in [5.74, 6) is -0.208. The number of carbonyl (C=O) groups excluding carboxylic acids is 1. The predicted molar refractivity (Wildman–Crippen MR) is 88.8 cm³/mol. The third-order valence-corrected chi connectivity index (χ3v) is 4.17. The highest BCUT2D eigenvalue weighted by atomic mass is 19.1. The van der Waals surface area contributed by atoms with Gasteiger partial charge in [-0.15, -0.1) is 0 Å². The fraction of sp³-hybridized carbons (Fsp3) is 0.611. The zero-order valence-corrected chi connectivity index (χ0v) is 13.9. The summed E-state index contributed by atoms with van der Waals surface area (Å²) in [4.78, 5) is 13.9. The molecule has 5 heteroatoms. The van der Waals surface area contributed by atoms with E-state index in [0.29, 0.717) is 25.6 Å². The number of hydrogen-bond acceptors (Lipinski definition) is 3. The minimum absolute atomic E-state index is 0.0270. The van der Waals surface area contributed by atoms with E-state index in [4.69, 9.17) is 4.74 Å². The first-order valence-corrected chi connectivity index (χ1v) is 8.45. The van der Waals surface area contributed by atoms with E-state index >= 15 is 0 Å². The lowest BCUT2D eigenvalue weighted by Gasteiger charge is -2.25. The molecule has 1 heterocycles. The van der Waals surface area contributed by atoms with Gasteiger partial charge in [0.1, 0.15) is 5.82 Å². The molecular formula is C18H27FN2O2. The zero-order valence-electron chi connectivity index (χ0n) is 13.9. The van der Waals surface area contributed by atoms with Gasteiger partial charge in [0.2, 0.25) is 5.91 Å². The van der Waals surface area contributed by atoms with Gasteiger partial charge in [-0.3, -0.25) is 9.69 Å². The predicted octanol–water partition coefficient (Wildman–Crippen LogP) is 2.38. The summed E-state index contributed by atoms with van der Waals surface area (Å²) < 4.78 is 18.5. The van der Waals surface area contributed by atoms with E-state index in [-0.39, 0.29) is 11.7 Å². The molecule has 1 unspecified atom stereocenters. The van der Waals surface area contributed by atoms with Gasteiger partial charge in [0, 0.05) is 19.7 Å². The average molecular weight is 322 g/mol. The fourth-order valence-corrected chi connectivity index (χ4v) is 2.78. The molecule has 1 aliphatic heterocycles. The normalized spacial score (nSPS) is 18.1. The molecule has 128 valence electrons. The lowest BCUT2D eigenvalue weighted by molar-refractivity contribution is -0.122. The van der Waals surface area contributed by atoms with Crippen LogP contribution >= 0.6 is 0 Å². The van der Waals surface area contributed by atoms with Gasteiger partial charge in [0.15, 0.2) is 0 Å². The molecule has 2 rings (SSSR count). The van der Waals surface area contributed by atoms with Gasteiger partial charge in [-0.1, -0.05) is 12.1 Å². The summed E-state index contributed by atoms with van der Waals surface area (Å²) in [6.07, 6.45) is 5.61. The van der Waals surface area contributed by atoms with Crippen LogP contribution in [0.1, 0.15) is 31.2 Å². The van der Waals surface area contributed by atoms with Crippen molar-refractivity contribution in [3.8, 4) is 0 Å². The molecular weight excluding hydrogens is 295 g/mol. The number of rotatable bonds is 8. The Hall–Kier alpha value is -1.46. The van der Waals surface area contributed by atoms with E-state index in [2.05, 4.69) is 5.32 Å². The first kappa shape index (κ1) is 17.9. The van der Waals surface area contributed by atoms with Gasteiger partial charge in [0.25, 0.3) is 0 Å². The maximum atomic E-state index is 12.8. The number of halogens is 1. The SMILES string of the molecule is CN(CCC1CCCCO1)CC(=O)NCCc1ccc(F)cc1. The van der Waals surface area contributed by atoms with Crippen molar-refractivity contribution in [3.63, 3.8) is 0 Å². The number of nitrogens with zero attached hydrogens (tertiary/aromatic N) is 1. The zero-order chi connectivity index (χ0) is 16.5. The molecule has 1 aromatic carbocycles. The Morgan fingerprint density at radius 3 is 2.83 bits per heavy atom. The highest BCUT2D eigenvalue weighted by molar-refractivity contribution is 5.77. The molecule has 23 heavy (non-hydrogen) atoms. The van der Waals surface area contributed by atoms with Gasteiger partial charge in [-0.2, -0.15) is 0 Å². The van der Waals surface area contributed by atoms with E-state index in [0.717, 1.165) is 31.6 Å². The van der Waals surface area contributed by atoms with Crippen LogP contribution in [0.3, 0.4) is 0 Å². The van der Waals surface area contributed by atoms with Gasteiger partial charge in [-0.05, 0) is 56.8 Å². The van der Waals surface area contributed by atoms with Crippen LogP contribution in [0.5, 0.6) is 0 Å². The molecule has 1 aromatic rings. The van der Waals surface area contributed by atoms with Crippen molar-refractivity contribution >= 4 is 5.91 Å². The summed E-state index contributed by atoms with van der Waals surface area (Å²) in [6.45, 7) is 2.72. The van der Waals surface area contributed by atoms with Crippen LogP contribution in [-0.2, 0) is 16.0 Å². The smallest absolute Gasteiger partial charge is 0.234 e. The third kappa shape index (κ3) is 7.10. The topological polar surface area (TPSA) is 41.6 Å². The highest BCUT2D eigenvalue weighted by Gasteiger charge is 2.15. The van der Waals surface area contributed by atoms with Crippen LogP contribution in [0.4, 0.5) is 4.39 Å². The number of benzene rings is 1. The molecule has 0 bridgehead atoms. The number of carbonyl (C=O) groups is 1. The standard InChI is InChI=1S/C18H27FN2O2/c1-21(12-10-17-4-2-3-13-23-17)14-18(22)20-11-9-15-5-7-16(19)8-6-15/h5-8,17H,2-4,9-14H2,1H3,(H,20,22). The number of nitrogens with one attached hydrogen (secondary N) is 1. The lowest BCUT2D eigenvalue weighted by Crippen LogP contribution is -2.37. The van der Waals surface area contributed by atoms with Crippen molar-refractivity contribution in [3.05, 3.63) is 35.6 Å². The second-order valence-electron chi connectivity index (χ2n) is 6.24. The van der Waals surface area contributed by atoms with E-state index in [1.165, 1.54) is 25.0 Å². The summed E-state index contributed by atoms with van der Waals surface area (Å²) in [6, 6.07) is 6.38. The van der Waals surface area contributed by atoms with Crippen molar-refractivity contribution < 1.29 is 13.9 Å². The van der Waals surface area contributed by atoms with Crippen molar-refractivity contribution in [2.45, 2.75) is 38.2 Å². The largest absolute Gasteiger partial charge is 0.378 e. The average Bonchev–Trinajstić information content (AvgIpc) is 2.56. The van der Waals surface area contributed by atoms with Gasteiger partial charge in [0.05, 0.1) is 12.6 Å². The number of amides is 1. The molecule has 4 nitrogen and oxygen atoms in total. The molecule has 0 aromatic heterocycles. The molecule has 1 aliphatic rings. The molecule has 1 amide bonds. The Labute approximate surface area is 138 Å². The highest BCUT2D eigenvalue weighted by Crippen LogP contribution is 2.15. The van der Waals surface area contributed by atoms with Gasteiger partial charge >= 0.3 is 0 Å². The van der Waals surface area contributed by atoms with E-state index in [1.807, 2.05) is 11.9 Å². The monoisotopic (exact) mass is 322 g/mol. The van der Waals surface area contributed by atoms with Crippen LogP contribution in [0.15, 0.2) is 24.3 Å². The molecule has 1 atom stereocenters. The summed E-state index contributed by atoms with van der Waals surface area (Å²) >= 11 is 0. The van der Waals surface area contributed by atoms with Crippen LogP contribution in [0.25, 0.3) is 0 Å². The molecule has 0 saturated carbocycles. The van der Waals surface area contributed by atoms with E-state index in [1.54, 1.807) is 12.1 Å². The Balaban J connectivity index is 1.57. The van der Waals surface area contributed by atoms with Crippen LogP contribution < -0.4 is 5.32 Å². The van der Waals surface area contributed by atoms with Crippen molar-refractivity contribution in [2.75, 3.05) is 33.3 Å². The first-order valence-electron chi connectivity index (χ1n) is 8.45. The summed E-state index contributed by atoms with van der Waals surface area (Å²) in [5.41, 5.74) is 1.02. The lowest BCUT2D eigenvalue weighted by atomic mass is 10.1. The molecule has 1 N–H and O–H groups in total. The van der Waals surface area contributed by atoms with Crippen molar-refractivity contribution in [2.24, 2.45) is 0 Å². The minimum Gasteiger partial charge on any atom is -0.378 e. The van der Waals surface area contributed by atoms with Gasteiger partial charge in [-0.25, -0.2) is 4.39 Å². The molecule has 0 radical (unpaired) electrons. The maximum absolute atomic E-state index is 12.8. The number of ether oxygens (including phenoxy) is 1. The second kappa shape index (κ2) is 9.63. The molecule has 0 aliphatic carbocycles. The van der Waals surface area contributed by atoms with E-state index in [9.17, 15) is 9.18 Å². The third-order valence-electron chi connectivity index (χ3n) is 4.17. The quantitative estimate of drug-likeness (QED) is 0.799. The number of hydrogen-bond donors (Lipinski definition) is 1. The second-order valence-corrected chi connectivity index (χ2v) is 6.24. The van der Waals surface area contributed by atoms with Crippen LogP contribution in [-0.4, -0.2) is 50.2 Å². The van der Waals surface area contributed by atoms with Crippen molar-refractivity contribution in [1.29, 1.82) is 0 Å². The number of likely N-dealkylation sites (N-methyl/N-ethyl adjacent to an activating group) is 1. The summed E-state index contributed by atoms with van der Waals surface area (Å²) in [5, 5.41) is 2.91. The van der Waals surface area contributed by atoms with E-state index < -0.39 is 0 Å². The fourth-order valence-electron chi connectivity index (χ4n) is 2.78. The van der Waals surface area contributed by atoms with Crippen molar-refractivity contribution in [1.82, 2.24) is 10.2 Å². The van der Waals surface area contributed by atoms with Crippen LogP contribution in [0.2, 0.25) is 0 Å². The first-order chi connectivity index (χ1) is 11.1. The van der Waals surface area contributed by atoms with Crippen LogP contribution in [0, 0.1) is 5.82 Å². The molecule has 1 saturated heterocycles. The Morgan fingerprint density at radius 2 is 2.13 bits per heavy atom. The molecule has 0 spiro atoms. The van der Waals surface area contributed by atoms with Gasteiger partial charge < -0.3 is 10.1 Å².